The highest BCUT2D eigenvalue weighted by molar-refractivity contribution is 6.19. The lowest BCUT2D eigenvalue weighted by Crippen LogP contribution is -2.53. The van der Waals surface area contributed by atoms with E-state index in [1.165, 1.54) is 0 Å². The van der Waals surface area contributed by atoms with Crippen LogP contribution in [0.2, 0.25) is 0 Å². The van der Waals surface area contributed by atoms with E-state index < -0.39 is 5.41 Å². The van der Waals surface area contributed by atoms with Crippen LogP contribution in [0.3, 0.4) is 0 Å². The van der Waals surface area contributed by atoms with E-state index in [0.717, 1.165) is 12.8 Å². The van der Waals surface area contributed by atoms with Crippen LogP contribution in [0.4, 0.5) is 0 Å². The second-order valence-electron chi connectivity index (χ2n) is 5.14. The Bertz CT molecular complexity index is 368. The molecule has 2 N–H and O–H groups in total. The molecule has 0 aromatic carbocycles. The van der Waals surface area contributed by atoms with Crippen LogP contribution in [0, 0.1) is 5.41 Å². The maximum atomic E-state index is 12.0. The highest BCUT2D eigenvalue weighted by Gasteiger charge is 2.50. The van der Waals surface area contributed by atoms with Gasteiger partial charge in [0.15, 0.2) is 0 Å². The highest BCUT2D eigenvalue weighted by atomic mass is 16.2. The summed E-state index contributed by atoms with van der Waals surface area (Å²) in [6.07, 6.45) is 3.17. The monoisotopic (exact) mass is 237 g/mol. The minimum atomic E-state index is -0.846. The fraction of sp³-hybridized carbons (Fsp3) is 0.750. The number of carbonyl (C=O) groups is 2. The summed E-state index contributed by atoms with van der Waals surface area (Å²) in [6, 6.07) is 0.298. The first-order valence-electron chi connectivity index (χ1n) is 6.21. The SMILES string of the molecule is CC(C)NCC1=NC(=O)C2(CCCC2)C(=O)N1. The van der Waals surface area contributed by atoms with Crippen molar-refractivity contribution in [1.82, 2.24) is 10.6 Å². The van der Waals surface area contributed by atoms with E-state index in [9.17, 15) is 9.59 Å². The van der Waals surface area contributed by atoms with Gasteiger partial charge in [-0.2, -0.15) is 4.99 Å². The summed E-state index contributed by atoms with van der Waals surface area (Å²) in [5, 5.41) is 5.90. The number of nitrogens with one attached hydrogen (secondary N) is 2. The van der Waals surface area contributed by atoms with Crippen molar-refractivity contribution in [2.75, 3.05) is 6.54 Å². The standard InChI is InChI=1S/C12H19N3O2/c1-8(2)13-7-9-14-10(16)12(11(17)15-9)5-3-4-6-12/h8,13H,3-7H2,1-2H3,(H,14,15,16,17). The molecular formula is C12H19N3O2. The Labute approximate surface area is 101 Å². The number of hydrogen-bond donors (Lipinski definition) is 2. The number of amidine groups is 1. The van der Waals surface area contributed by atoms with Crippen molar-refractivity contribution in [3.05, 3.63) is 0 Å². The molecule has 2 aliphatic rings. The minimum absolute atomic E-state index is 0.157. The molecule has 5 nitrogen and oxygen atoms in total. The molecule has 0 radical (unpaired) electrons. The molecule has 17 heavy (non-hydrogen) atoms. The smallest absolute Gasteiger partial charge is 0.263 e. The molecule has 1 saturated carbocycles. The van der Waals surface area contributed by atoms with Crippen LogP contribution < -0.4 is 10.6 Å². The van der Waals surface area contributed by atoms with Crippen molar-refractivity contribution in [2.45, 2.75) is 45.6 Å². The van der Waals surface area contributed by atoms with E-state index in [4.69, 9.17) is 0 Å². The number of hydrogen-bond acceptors (Lipinski definition) is 3. The summed E-state index contributed by atoms with van der Waals surface area (Å²) in [5.41, 5.74) is -0.846. The Morgan fingerprint density at radius 2 is 2.00 bits per heavy atom. The predicted molar refractivity (Wildman–Crippen MR) is 64.6 cm³/mol. The van der Waals surface area contributed by atoms with Gasteiger partial charge in [0.2, 0.25) is 5.91 Å². The third kappa shape index (κ3) is 2.24. The van der Waals surface area contributed by atoms with E-state index >= 15 is 0 Å². The number of nitrogens with zero attached hydrogens (tertiary/aromatic N) is 1. The van der Waals surface area contributed by atoms with Gasteiger partial charge in [0, 0.05) is 6.04 Å². The summed E-state index contributed by atoms with van der Waals surface area (Å²) in [7, 11) is 0. The molecule has 1 aliphatic heterocycles. The molecular weight excluding hydrogens is 218 g/mol. The molecule has 0 saturated heterocycles. The Hall–Kier alpha value is -1.23. The molecule has 1 fully saturated rings. The molecule has 5 heteroatoms. The number of carbonyl (C=O) groups excluding carboxylic acids is 2. The van der Waals surface area contributed by atoms with Crippen molar-refractivity contribution in [3.63, 3.8) is 0 Å². The average Bonchev–Trinajstić information content (AvgIpc) is 2.74. The van der Waals surface area contributed by atoms with Gasteiger partial charge in [0.25, 0.3) is 5.91 Å². The Balaban J connectivity index is 2.10. The zero-order chi connectivity index (χ0) is 12.5. The van der Waals surface area contributed by atoms with E-state index in [1.54, 1.807) is 0 Å². The lowest BCUT2D eigenvalue weighted by atomic mass is 9.83. The highest BCUT2D eigenvalue weighted by Crippen LogP contribution is 2.40. The first-order valence-corrected chi connectivity index (χ1v) is 6.21. The number of amides is 2. The summed E-state index contributed by atoms with van der Waals surface area (Å²) >= 11 is 0. The molecule has 0 aromatic heterocycles. The normalized spacial score (nSPS) is 23.1. The van der Waals surface area contributed by atoms with Gasteiger partial charge in [-0.25, -0.2) is 0 Å². The molecule has 1 heterocycles. The quantitative estimate of drug-likeness (QED) is 0.706. The lowest BCUT2D eigenvalue weighted by molar-refractivity contribution is -0.141. The first kappa shape index (κ1) is 12.2. The maximum Gasteiger partial charge on any atom is 0.263 e. The molecule has 2 rings (SSSR count). The largest absolute Gasteiger partial charge is 0.312 e. The third-order valence-electron chi connectivity index (χ3n) is 3.47. The fourth-order valence-corrected chi connectivity index (χ4v) is 2.41. The van der Waals surface area contributed by atoms with Crippen LogP contribution in [0.25, 0.3) is 0 Å². The number of aliphatic imine (C=N–C) groups is 1. The molecule has 94 valence electrons. The van der Waals surface area contributed by atoms with Crippen LogP contribution in [0.1, 0.15) is 39.5 Å². The van der Waals surface area contributed by atoms with Crippen molar-refractivity contribution >= 4 is 17.6 Å². The summed E-state index contributed by atoms with van der Waals surface area (Å²) in [5.74, 6) is 0.0427. The van der Waals surface area contributed by atoms with Crippen LogP contribution in [0.5, 0.6) is 0 Å². The van der Waals surface area contributed by atoms with Crippen LogP contribution in [-0.4, -0.2) is 30.2 Å². The van der Waals surface area contributed by atoms with Gasteiger partial charge in [-0.05, 0) is 12.8 Å². The van der Waals surface area contributed by atoms with Gasteiger partial charge in [0.05, 0.1) is 6.54 Å². The second kappa shape index (κ2) is 4.56. The summed E-state index contributed by atoms with van der Waals surface area (Å²) in [6.45, 7) is 4.45. The van der Waals surface area contributed by atoms with Gasteiger partial charge in [-0.15, -0.1) is 0 Å². The molecule has 0 aromatic rings. The van der Waals surface area contributed by atoms with Crippen molar-refractivity contribution < 1.29 is 9.59 Å². The first-order chi connectivity index (χ1) is 8.04. The Morgan fingerprint density at radius 3 is 2.53 bits per heavy atom. The van der Waals surface area contributed by atoms with E-state index in [1.807, 2.05) is 13.8 Å². The summed E-state index contributed by atoms with van der Waals surface area (Å²) < 4.78 is 0. The molecule has 0 unspecified atom stereocenters. The van der Waals surface area contributed by atoms with E-state index in [0.29, 0.717) is 31.3 Å². The van der Waals surface area contributed by atoms with Crippen LogP contribution >= 0.6 is 0 Å². The number of rotatable bonds is 3. The van der Waals surface area contributed by atoms with Crippen molar-refractivity contribution in [2.24, 2.45) is 10.4 Å². The minimum Gasteiger partial charge on any atom is -0.312 e. The average molecular weight is 237 g/mol. The van der Waals surface area contributed by atoms with Gasteiger partial charge < -0.3 is 10.6 Å². The third-order valence-corrected chi connectivity index (χ3v) is 3.47. The van der Waals surface area contributed by atoms with E-state index in [2.05, 4.69) is 15.6 Å². The fourth-order valence-electron chi connectivity index (χ4n) is 2.41. The van der Waals surface area contributed by atoms with E-state index in [-0.39, 0.29) is 11.8 Å². The summed E-state index contributed by atoms with van der Waals surface area (Å²) in [4.78, 5) is 28.1. The predicted octanol–water partition coefficient (Wildman–Crippen LogP) is 0.600. The van der Waals surface area contributed by atoms with Crippen LogP contribution in [0.15, 0.2) is 4.99 Å². The lowest BCUT2D eigenvalue weighted by Gasteiger charge is -2.28. The molecule has 0 atom stereocenters. The Morgan fingerprint density at radius 1 is 1.35 bits per heavy atom. The zero-order valence-corrected chi connectivity index (χ0v) is 10.4. The zero-order valence-electron chi connectivity index (χ0n) is 10.4. The van der Waals surface area contributed by atoms with Gasteiger partial charge >= 0.3 is 0 Å². The maximum absolute atomic E-state index is 12.0. The van der Waals surface area contributed by atoms with Gasteiger partial charge in [-0.1, -0.05) is 26.7 Å². The molecule has 2 amide bonds. The van der Waals surface area contributed by atoms with Crippen molar-refractivity contribution in [1.29, 1.82) is 0 Å². The van der Waals surface area contributed by atoms with Crippen molar-refractivity contribution in [3.8, 4) is 0 Å². The Kier molecular flexibility index (Phi) is 3.28. The van der Waals surface area contributed by atoms with Gasteiger partial charge in [0.1, 0.15) is 11.3 Å². The molecule has 1 spiro atoms. The van der Waals surface area contributed by atoms with Gasteiger partial charge in [-0.3, -0.25) is 9.59 Å². The molecule has 0 bridgehead atoms. The van der Waals surface area contributed by atoms with Crippen LogP contribution in [-0.2, 0) is 9.59 Å². The second-order valence-corrected chi connectivity index (χ2v) is 5.14. The topological polar surface area (TPSA) is 70.6 Å². The molecule has 1 aliphatic carbocycles.